The number of nitrogens with one attached hydrogen (secondary N) is 1. The van der Waals surface area contributed by atoms with Gasteiger partial charge < -0.3 is 14.8 Å². The first kappa shape index (κ1) is 16.8. The van der Waals surface area contributed by atoms with E-state index in [2.05, 4.69) is 61.1 Å². The van der Waals surface area contributed by atoms with E-state index in [1.165, 1.54) is 5.56 Å². The van der Waals surface area contributed by atoms with E-state index in [1.807, 2.05) is 6.07 Å². The second-order valence-electron chi connectivity index (χ2n) is 6.31. The van der Waals surface area contributed by atoms with Gasteiger partial charge in [0.05, 0.1) is 11.7 Å². The van der Waals surface area contributed by atoms with Crippen molar-refractivity contribution in [1.29, 1.82) is 0 Å². The largest absolute Gasteiger partial charge is 0.490 e. The summed E-state index contributed by atoms with van der Waals surface area (Å²) in [7, 11) is 0. The summed E-state index contributed by atoms with van der Waals surface area (Å²) in [6.07, 6.45) is 2.36. The Morgan fingerprint density at radius 1 is 1.48 bits per heavy atom. The molecule has 0 bridgehead atoms. The summed E-state index contributed by atoms with van der Waals surface area (Å²) in [4.78, 5) is 0. The zero-order valence-electron chi connectivity index (χ0n) is 13.4. The van der Waals surface area contributed by atoms with Crippen LogP contribution in [0.2, 0.25) is 0 Å². The molecule has 0 saturated carbocycles. The molecular weight excluding hydrogens is 330 g/mol. The lowest BCUT2D eigenvalue weighted by atomic mass is 10.1. The van der Waals surface area contributed by atoms with Crippen molar-refractivity contribution in [3.8, 4) is 5.75 Å². The molecule has 1 fully saturated rings. The van der Waals surface area contributed by atoms with E-state index >= 15 is 0 Å². The Morgan fingerprint density at radius 2 is 2.24 bits per heavy atom. The fraction of sp³-hybridized carbons (Fsp3) is 0.647. The summed E-state index contributed by atoms with van der Waals surface area (Å²) in [5.41, 5.74) is 1.18. The minimum atomic E-state index is -0.00874. The number of hydrogen-bond donors (Lipinski definition) is 1. The van der Waals surface area contributed by atoms with Gasteiger partial charge in [0.25, 0.3) is 0 Å². The maximum Gasteiger partial charge on any atom is 0.125 e. The van der Waals surface area contributed by atoms with Crippen molar-refractivity contribution < 1.29 is 9.47 Å². The Morgan fingerprint density at radius 3 is 2.86 bits per heavy atom. The van der Waals surface area contributed by atoms with Gasteiger partial charge >= 0.3 is 0 Å². The summed E-state index contributed by atoms with van der Waals surface area (Å²) in [6.45, 7) is 10.1. The molecule has 1 aromatic carbocycles. The molecule has 0 radical (unpaired) electrons. The van der Waals surface area contributed by atoms with E-state index < -0.39 is 0 Å². The Bertz CT molecular complexity index is 476. The standard InChI is InChI=1S/C17H26BrNO2/c1-5-19-12(2)15-7-6-13(18)10-16(15)20-11-14-8-9-17(3,4)21-14/h6-7,10,12,14,19H,5,8-9,11H2,1-4H3. The van der Waals surface area contributed by atoms with E-state index in [0.717, 1.165) is 29.6 Å². The van der Waals surface area contributed by atoms with Crippen LogP contribution in [0.15, 0.2) is 22.7 Å². The Hall–Kier alpha value is -0.580. The predicted molar refractivity (Wildman–Crippen MR) is 89.9 cm³/mol. The predicted octanol–water partition coefficient (Wildman–Crippen LogP) is 4.46. The maximum atomic E-state index is 6.07. The molecule has 4 heteroatoms. The highest BCUT2D eigenvalue weighted by Crippen LogP contribution is 2.32. The van der Waals surface area contributed by atoms with Crippen molar-refractivity contribution in [3.05, 3.63) is 28.2 Å². The number of halogens is 1. The first-order chi connectivity index (χ1) is 9.91. The second kappa shape index (κ2) is 7.12. The fourth-order valence-corrected chi connectivity index (χ4v) is 3.12. The topological polar surface area (TPSA) is 30.5 Å². The molecule has 1 aromatic rings. The monoisotopic (exact) mass is 355 g/mol. The lowest BCUT2D eigenvalue weighted by molar-refractivity contribution is -0.0328. The van der Waals surface area contributed by atoms with Crippen LogP contribution in [0.4, 0.5) is 0 Å². The summed E-state index contributed by atoms with van der Waals surface area (Å²) in [5.74, 6) is 0.936. The average molecular weight is 356 g/mol. The molecule has 2 unspecified atom stereocenters. The number of rotatable bonds is 6. The SMILES string of the molecule is CCNC(C)c1ccc(Br)cc1OCC1CCC(C)(C)O1. The van der Waals surface area contributed by atoms with Crippen molar-refractivity contribution >= 4 is 15.9 Å². The van der Waals surface area contributed by atoms with Gasteiger partial charge in [-0.3, -0.25) is 0 Å². The van der Waals surface area contributed by atoms with Crippen LogP contribution < -0.4 is 10.1 Å². The number of benzene rings is 1. The van der Waals surface area contributed by atoms with Crippen LogP contribution in [0.1, 0.15) is 52.1 Å². The quantitative estimate of drug-likeness (QED) is 0.817. The van der Waals surface area contributed by atoms with Crippen molar-refractivity contribution in [3.63, 3.8) is 0 Å². The summed E-state index contributed by atoms with van der Waals surface area (Å²) >= 11 is 3.52. The van der Waals surface area contributed by atoms with Gasteiger partial charge in [0.2, 0.25) is 0 Å². The first-order valence-electron chi connectivity index (χ1n) is 7.75. The molecule has 2 atom stereocenters. The fourth-order valence-electron chi connectivity index (χ4n) is 2.78. The van der Waals surface area contributed by atoms with Crippen molar-refractivity contribution in [2.24, 2.45) is 0 Å². The summed E-state index contributed by atoms with van der Waals surface area (Å²) in [5, 5.41) is 3.44. The maximum absolute atomic E-state index is 6.07. The summed E-state index contributed by atoms with van der Waals surface area (Å²) in [6, 6.07) is 6.50. The van der Waals surface area contributed by atoms with Crippen LogP contribution in [-0.4, -0.2) is 24.9 Å². The van der Waals surface area contributed by atoms with Gasteiger partial charge in [-0.1, -0.05) is 28.9 Å². The highest BCUT2D eigenvalue weighted by Gasteiger charge is 2.32. The molecule has 0 spiro atoms. The van der Waals surface area contributed by atoms with Gasteiger partial charge in [0.1, 0.15) is 12.4 Å². The molecule has 21 heavy (non-hydrogen) atoms. The molecule has 1 aliphatic rings. The zero-order chi connectivity index (χ0) is 15.5. The first-order valence-corrected chi connectivity index (χ1v) is 8.54. The van der Waals surface area contributed by atoms with Gasteiger partial charge in [0, 0.05) is 16.1 Å². The highest BCUT2D eigenvalue weighted by molar-refractivity contribution is 9.10. The van der Waals surface area contributed by atoms with Crippen LogP contribution >= 0.6 is 15.9 Å². The van der Waals surface area contributed by atoms with Gasteiger partial charge in [0.15, 0.2) is 0 Å². The third-order valence-electron chi connectivity index (χ3n) is 3.93. The van der Waals surface area contributed by atoms with E-state index in [4.69, 9.17) is 9.47 Å². The highest BCUT2D eigenvalue weighted by atomic mass is 79.9. The van der Waals surface area contributed by atoms with E-state index in [-0.39, 0.29) is 17.7 Å². The van der Waals surface area contributed by atoms with E-state index in [1.54, 1.807) is 0 Å². The number of hydrogen-bond acceptors (Lipinski definition) is 3. The molecule has 0 aliphatic carbocycles. The third kappa shape index (κ3) is 4.70. The van der Waals surface area contributed by atoms with Gasteiger partial charge in [-0.2, -0.15) is 0 Å². The van der Waals surface area contributed by atoms with E-state index in [9.17, 15) is 0 Å². The molecule has 1 N–H and O–H groups in total. The minimum absolute atomic E-state index is 0.00874. The van der Waals surface area contributed by atoms with Gasteiger partial charge in [-0.25, -0.2) is 0 Å². The molecule has 3 nitrogen and oxygen atoms in total. The molecule has 1 aliphatic heterocycles. The third-order valence-corrected chi connectivity index (χ3v) is 4.42. The molecule has 2 rings (SSSR count). The molecule has 1 heterocycles. The second-order valence-corrected chi connectivity index (χ2v) is 7.23. The van der Waals surface area contributed by atoms with Crippen LogP contribution in [0.5, 0.6) is 5.75 Å². The molecule has 0 aromatic heterocycles. The summed E-state index contributed by atoms with van der Waals surface area (Å²) < 4.78 is 13.1. The van der Waals surface area contributed by atoms with Crippen LogP contribution in [0.25, 0.3) is 0 Å². The molecule has 0 amide bonds. The molecule has 1 saturated heterocycles. The lowest BCUT2D eigenvalue weighted by Crippen LogP contribution is -2.24. The zero-order valence-corrected chi connectivity index (χ0v) is 15.0. The van der Waals surface area contributed by atoms with Crippen LogP contribution in [0, 0.1) is 0 Å². The Kier molecular flexibility index (Phi) is 5.69. The Labute approximate surface area is 136 Å². The van der Waals surface area contributed by atoms with E-state index in [0.29, 0.717) is 6.61 Å². The normalized spacial score (nSPS) is 22.2. The smallest absolute Gasteiger partial charge is 0.125 e. The van der Waals surface area contributed by atoms with Crippen molar-refractivity contribution in [1.82, 2.24) is 5.32 Å². The molecule has 118 valence electrons. The lowest BCUT2D eigenvalue weighted by Gasteiger charge is -2.21. The van der Waals surface area contributed by atoms with Crippen LogP contribution in [-0.2, 0) is 4.74 Å². The van der Waals surface area contributed by atoms with Crippen molar-refractivity contribution in [2.45, 2.75) is 58.3 Å². The van der Waals surface area contributed by atoms with Crippen LogP contribution in [0.3, 0.4) is 0 Å². The van der Waals surface area contributed by atoms with Crippen molar-refractivity contribution in [2.75, 3.05) is 13.2 Å². The minimum Gasteiger partial charge on any atom is -0.490 e. The number of ether oxygens (including phenoxy) is 2. The van der Waals surface area contributed by atoms with Gasteiger partial charge in [-0.05, 0) is 52.3 Å². The van der Waals surface area contributed by atoms with Gasteiger partial charge in [-0.15, -0.1) is 0 Å². The molecular formula is C17H26BrNO2. The average Bonchev–Trinajstić information content (AvgIpc) is 2.76. The Balaban J connectivity index is 2.03.